The zero-order valence-electron chi connectivity index (χ0n) is 22.8. The number of nitrogens with zero attached hydrogens (tertiary/aromatic N) is 4. The second kappa shape index (κ2) is 11.7. The third kappa shape index (κ3) is 5.93. The van der Waals surface area contributed by atoms with Crippen molar-refractivity contribution in [1.29, 1.82) is 0 Å². The van der Waals surface area contributed by atoms with Crippen LogP contribution in [-0.2, 0) is 11.3 Å². The number of aromatic nitrogens is 1. The number of allylic oxidation sites excluding steroid dienone is 1. The highest BCUT2D eigenvalue weighted by Crippen LogP contribution is 2.29. The van der Waals surface area contributed by atoms with Crippen LogP contribution in [0.1, 0.15) is 65.4 Å². The Hall–Kier alpha value is -3.19. The highest BCUT2D eigenvalue weighted by molar-refractivity contribution is 7.12. The Balaban J connectivity index is 1.49. The van der Waals surface area contributed by atoms with Crippen LogP contribution in [0.15, 0.2) is 47.4 Å². The molecule has 0 radical (unpaired) electrons. The average molecular weight is 531 g/mol. The fraction of sp³-hybridized carbons (Fsp3) is 0.452. The van der Waals surface area contributed by atoms with Crippen molar-refractivity contribution < 1.29 is 9.59 Å². The standard InChI is InChI=1S/C31H38N4O2S/c1-22-9-10-28-26(19-22)20-27(30(32-28)34-16-14-33(15-17-34)24(3)36)21-35(13-11-25-7-5-4-6-8-25)31(37)29-23(2)12-18-38-29/h7,9-10,12,18-20H,4-6,8,11,13-17,21H2,1-3H3. The summed E-state index contributed by atoms with van der Waals surface area (Å²) in [6.45, 7) is 9.82. The van der Waals surface area contributed by atoms with Gasteiger partial charge in [0.15, 0.2) is 0 Å². The number of hydrogen-bond acceptors (Lipinski definition) is 5. The fourth-order valence-electron chi connectivity index (χ4n) is 5.56. The van der Waals surface area contributed by atoms with Gasteiger partial charge >= 0.3 is 0 Å². The van der Waals surface area contributed by atoms with Gasteiger partial charge in [-0.2, -0.15) is 0 Å². The van der Waals surface area contributed by atoms with E-state index in [4.69, 9.17) is 4.98 Å². The summed E-state index contributed by atoms with van der Waals surface area (Å²) in [6.07, 6.45) is 8.10. The first kappa shape index (κ1) is 26.4. The molecule has 1 aromatic carbocycles. The Morgan fingerprint density at radius 3 is 2.55 bits per heavy atom. The Labute approximate surface area is 230 Å². The molecule has 0 unspecified atom stereocenters. The van der Waals surface area contributed by atoms with Crippen molar-refractivity contribution in [2.24, 2.45) is 0 Å². The van der Waals surface area contributed by atoms with E-state index in [1.54, 1.807) is 6.92 Å². The zero-order valence-corrected chi connectivity index (χ0v) is 23.6. The quantitative estimate of drug-likeness (QED) is 0.346. The van der Waals surface area contributed by atoms with Gasteiger partial charge in [-0.05, 0) is 81.2 Å². The van der Waals surface area contributed by atoms with Crippen LogP contribution in [-0.4, -0.2) is 59.3 Å². The molecule has 1 aliphatic carbocycles. The number of aryl methyl sites for hydroxylation is 2. The lowest BCUT2D eigenvalue weighted by Gasteiger charge is -2.36. The molecule has 0 bridgehead atoms. The number of rotatable bonds is 7. The maximum absolute atomic E-state index is 13.9. The first-order chi connectivity index (χ1) is 18.4. The van der Waals surface area contributed by atoms with Crippen LogP contribution in [0.3, 0.4) is 0 Å². The molecule has 7 heteroatoms. The second-order valence-electron chi connectivity index (χ2n) is 10.7. The van der Waals surface area contributed by atoms with Crippen LogP contribution in [0.2, 0.25) is 0 Å². The zero-order chi connectivity index (χ0) is 26.6. The molecule has 5 rings (SSSR count). The molecule has 38 heavy (non-hydrogen) atoms. The summed E-state index contributed by atoms with van der Waals surface area (Å²) in [5.41, 5.74) is 5.74. The number of thiophene rings is 1. The maximum Gasteiger partial charge on any atom is 0.264 e. The number of benzene rings is 1. The normalized spacial score (nSPS) is 16.0. The molecule has 200 valence electrons. The number of carbonyl (C=O) groups is 2. The Kier molecular flexibility index (Phi) is 8.12. The number of piperazine rings is 1. The van der Waals surface area contributed by atoms with Crippen molar-refractivity contribution in [2.75, 3.05) is 37.6 Å². The molecule has 1 saturated heterocycles. The summed E-state index contributed by atoms with van der Waals surface area (Å²) in [5, 5.41) is 3.10. The molecule has 6 nitrogen and oxygen atoms in total. The molecular weight excluding hydrogens is 492 g/mol. The van der Waals surface area contributed by atoms with Gasteiger partial charge in [-0.1, -0.05) is 23.3 Å². The first-order valence-corrected chi connectivity index (χ1v) is 14.7. The third-order valence-electron chi connectivity index (χ3n) is 7.84. The van der Waals surface area contributed by atoms with E-state index in [0.29, 0.717) is 26.2 Å². The van der Waals surface area contributed by atoms with Crippen molar-refractivity contribution in [3.05, 3.63) is 68.9 Å². The molecule has 0 saturated carbocycles. The Morgan fingerprint density at radius 1 is 1.05 bits per heavy atom. The maximum atomic E-state index is 13.9. The average Bonchev–Trinajstić information content (AvgIpc) is 3.36. The third-order valence-corrected chi connectivity index (χ3v) is 8.85. The number of anilines is 1. The highest BCUT2D eigenvalue weighted by Gasteiger charge is 2.25. The summed E-state index contributed by atoms with van der Waals surface area (Å²) in [7, 11) is 0. The minimum absolute atomic E-state index is 0.102. The summed E-state index contributed by atoms with van der Waals surface area (Å²) < 4.78 is 0. The molecule has 3 aromatic rings. The van der Waals surface area contributed by atoms with Crippen LogP contribution < -0.4 is 4.90 Å². The fourth-order valence-corrected chi connectivity index (χ4v) is 6.45. The smallest absolute Gasteiger partial charge is 0.264 e. The van der Waals surface area contributed by atoms with E-state index in [0.717, 1.165) is 65.1 Å². The molecule has 1 aliphatic heterocycles. The summed E-state index contributed by atoms with van der Waals surface area (Å²) >= 11 is 1.53. The molecule has 3 heterocycles. The molecule has 0 N–H and O–H groups in total. The molecule has 0 spiro atoms. The van der Waals surface area contributed by atoms with Crippen LogP contribution >= 0.6 is 11.3 Å². The Morgan fingerprint density at radius 2 is 1.87 bits per heavy atom. The number of pyridine rings is 1. The first-order valence-electron chi connectivity index (χ1n) is 13.8. The number of carbonyl (C=O) groups excluding carboxylic acids is 2. The highest BCUT2D eigenvalue weighted by atomic mass is 32.1. The molecule has 2 aromatic heterocycles. The van der Waals surface area contributed by atoms with Crippen LogP contribution in [0.5, 0.6) is 0 Å². The van der Waals surface area contributed by atoms with E-state index in [1.165, 1.54) is 35.3 Å². The Bertz CT molecular complexity index is 1350. The monoisotopic (exact) mass is 530 g/mol. The predicted molar refractivity (Wildman–Crippen MR) is 156 cm³/mol. The number of amides is 2. The van der Waals surface area contributed by atoms with Crippen LogP contribution in [0, 0.1) is 13.8 Å². The number of fused-ring (bicyclic) bond motifs is 1. The van der Waals surface area contributed by atoms with Gasteiger partial charge in [0, 0.05) is 57.1 Å². The minimum atomic E-state index is 0.102. The van der Waals surface area contributed by atoms with E-state index >= 15 is 0 Å². The lowest BCUT2D eigenvalue weighted by Crippen LogP contribution is -2.48. The lowest BCUT2D eigenvalue weighted by molar-refractivity contribution is -0.129. The molecular formula is C31H38N4O2S. The van der Waals surface area contributed by atoms with Gasteiger partial charge in [0.2, 0.25) is 5.91 Å². The van der Waals surface area contributed by atoms with Crippen molar-refractivity contribution in [3.8, 4) is 0 Å². The molecule has 0 atom stereocenters. The molecule has 2 amide bonds. The topological polar surface area (TPSA) is 56.8 Å². The van der Waals surface area contributed by atoms with Crippen molar-refractivity contribution >= 4 is 39.9 Å². The predicted octanol–water partition coefficient (Wildman–Crippen LogP) is 6.11. The summed E-state index contributed by atoms with van der Waals surface area (Å²) in [5.74, 6) is 1.15. The molecule has 1 fully saturated rings. The molecule has 2 aliphatic rings. The van der Waals surface area contributed by atoms with E-state index < -0.39 is 0 Å². The van der Waals surface area contributed by atoms with Crippen LogP contribution in [0.25, 0.3) is 10.9 Å². The van der Waals surface area contributed by atoms with Gasteiger partial charge < -0.3 is 14.7 Å². The van der Waals surface area contributed by atoms with E-state index in [9.17, 15) is 9.59 Å². The van der Waals surface area contributed by atoms with Gasteiger partial charge in [-0.25, -0.2) is 4.98 Å². The SMILES string of the molecule is CC(=O)N1CCN(c2nc3ccc(C)cc3cc2CN(CCC2=CCCCC2)C(=O)c2sccc2C)CC1. The minimum Gasteiger partial charge on any atom is -0.353 e. The van der Waals surface area contributed by atoms with Crippen molar-refractivity contribution in [1.82, 2.24) is 14.8 Å². The lowest BCUT2D eigenvalue weighted by atomic mass is 9.97. The van der Waals surface area contributed by atoms with Gasteiger partial charge in [0.05, 0.1) is 10.4 Å². The van der Waals surface area contributed by atoms with E-state index in [1.807, 2.05) is 28.2 Å². The van der Waals surface area contributed by atoms with Gasteiger partial charge in [0.25, 0.3) is 5.91 Å². The second-order valence-corrected chi connectivity index (χ2v) is 11.6. The van der Waals surface area contributed by atoms with Gasteiger partial charge in [-0.15, -0.1) is 11.3 Å². The summed E-state index contributed by atoms with van der Waals surface area (Å²) in [6, 6.07) is 10.6. The van der Waals surface area contributed by atoms with Crippen LogP contribution in [0.4, 0.5) is 5.82 Å². The van der Waals surface area contributed by atoms with Gasteiger partial charge in [0.1, 0.15) is 5.82 Å². The van der Waals surface area contributed by atoms with E-state index in [2.05, 4.69) is 42.2 Å². The van der Waals surface area contributed by atoms with Crippen molar-refractivity contribution in [3.63, 3.8) is 0 Å². The summed E-state index contributed by atoms with van der Waals surface area (Å²) in [4.78, 5) is 38.0. The van der Waals surface area contributed by atoms with Gasteiger partial charge in [-0.3, -0.25) is 9.59 Å². The van der Waals surface area contributed by atoms with E-state index in [-0.39, 0.29) is 11.8 Å². The van der Waals surface area contributed by atoms with Crippen molar-refractivity contribution in [2.45, 2.75) is 59.4 Å². The largest absolute Gasteiger partial charge is 0.353 e. The number of hydrogen-bond donors (Lipinski definition) is 0.